The molecule has 0 aliphatic heterocycles. The van der Waals surface area contributed by atoms with Crippen molar-refractivity contribution in [3.05, 3.63) is 41.9 Å². The van der Waals surface area contributed by atoms with Crippen molar-refractivity contribution in [2.24, 2.45) is 0 Å². The van der Waals surface area contributed by atoms with Gasteiger partial charge in [-0.25, -0.2) is 4.98 Å². The topological polar surface area (TPSA) is 68.2 Å². The third kappa shape index (κ3) is 5.49. The normalized spacial score (nSPS) is 11.8. The second kappa shape index (κ2) is 8.43. The van der Waals surface area contributed by atoms with E-state index in [-0.39, 0.29) is 11.9 Å². The molecule has 1 heterocycles. The van der Waals surface area contributed by atoms with Crippen LogP contribution in [0.5, 0.6) is 5.75 Å². The third-order valence-corrected chi connectivity index (χ3v) is 3.52. The lowest BCUT2D eigenvalue weighted by Gasteiger charge is -2.15. The number of nitrogens with one attached hydrogen (secondary N) is 2. The van der Waals surface area contributed by atoms with Crippen LogP contribution in [0.3, 0.4) is 0 Å². The fourth-order valence-electron chi connectivity index (χ4n) is 2.23. The van der Waals surface area contributed by atoms with E-state index >= 15 is 0 Å². The quantitative estimate of drug-likeness (QED) is 0.777. The minimum absolute atomic E-state index is 0.00823. The Balaban J connectivity index is 1.75. The summed E-state index contributed by atoms with van der Waals surface area (Å²) in [5, 5.41) is 6.75. The maximum atomic E-state index is 12.0. The van der Waals surface area contributed by atoms with Gasteiger partial charge >= 0.3 is 0 Å². The van der Waals surface area contributed by atoms with Crippen LogP contribution in [0.25, 0.3) is 0 Å². The Morgan fingerprint density at radius 3 is 3.00 bits per heavy atom. The summed E-state index contributed by atoms with van der Waals surface area (Å²) in [6.07, 6.45) is 5.69. The van der Waals surface area contributed by atoms with Gasteiger partial charge in [0.1, 0.15) is 5.75 Å². The zero-order valence-electron chi connectivity index (χ0n) is 13.3. The van der Waals surface area contributed by atoms with E-state index < -0.39 is 0 Å². The molecule has 1 atom stereocenters. The Labute approximate surface area is 140 Å². The minimum atomic E-state index is -0.00823. The number of ether oxygens (including phenoxy) is 1. The number of halogens is 1. The summed E-state index contributed by atoms with van der Waals surface area (Å²) in [5.74, 6) is 0.689. The maximum Gasteiger partial charge on any atom is 0.222 e. The van der Waals surface area contributed by atoms with E-state index in [0.717, 1.165) is 5.69 Å². The Kier molecular flexibility index (Phi) is 6.29. The Hall–Kier alpha value is -2.21. The molecule has 2 N–H and O–H groups in total. The van der Waals surface area contributed by atoms with E-state index in [0.29, 0.717) is 30.3 Å². The lowest BCUT2D eigenvalue weighted by atomic mass is 10.2. The number of benzene rings is 1. The zero-order chi connectivity index (χ0) is 16.7. The second-order valence-electron chi connectivity index (χ2n) is 5.25. The number of carbonyl (C=O) groups excluding carboxylic acids is 1. The molecule has 1 aromatic heterocycles. The maximum absolute atomic E-state index is 12.0. The first-order valence-electron chi connectivity index (χ1n) is 7.41. The van der Waals surface area contributed by atoms with Crippen LogP contribution in [0.2, 0.25) is 5.02 Å². The van der Waals surface area contributed by atoms with Crippen molar-refractivity contribution in [3.8, 4) is 5.75 Å². The third-order valence-electron chi connectivity index (χ3n) is 3.28. The Morgan fingerprint density at radius 2 is 2.30 bits per heavy atom. The Bertz CT molecular complexity index is 631. The highest BCUT2D eigenvalue weighted by Gasteiger charge is 2.09. The molecule has 23 heavy (non-hydrogen) atoms. The van der Waals surface area contributed by atoms with E-state index in [1.54, 1.807) is 37.8 Å². The van der Waals surface area contributed by atoms with Crippen LogP contribution in [-0.4, -0.2) is 35.2 Å². The molecule has 0 saturated carbocycles. The summed E-state index contributed by atoms with van der Waals surface area (Å²) >= 11 is 5.97. The van der Waals surface area contributed by atoms with Crippen molar-refractivity contribution in [2.45, 2.75) is 25.9 Å². The molecule has 0 bridgehead atoms. The first kappa shape index (κ1) is 17.1. The van der Waals surface area contributed by atoms with Crippen molar-refractivity contribution >= 4 is 23.2 Å². The predicted octanol–water partition coefficient (Wildman–Crippen LogP) is 2.55. The number of carbonyl (C=O) groups is 1. The van der Waals surface area contributed by atoms with Gasteiger partial charge in [0.15, 0.2) is 0 Å². The van der Waals surface area contributed by atoms with E-state index in [4.69, 9.17) is 16.3 Å². The number of nitrogens with zero attached hydrogens (tertiary/aromatic N) is 2. The summed E-state index contributed by atoms with van der Waals surface area (Å²) in [5.41, 5.74) is 0.777. The van der Waals surface area contributed by atoms with Crippen LogP contribution < -0.4 is 15.4 Å². The van der Waals surface area contributed by atoms with Crippen molar-refractivity contribution in [1.29, 1.82) is 0 Å². The second-order valence-corrected chi connectivity index (χ2v) is 5.69. The van der Waals surface area contributed by atoms with Gasteiger partial charge < -0.3 is 19.9 Å². The molecule has 0 spiro atoms. The van der Waals surface area contributed by atoms with Crippen LogP contribution in [-0.2, 0) is 11.3 Å². The molecule has 124 valence electrons. The van der Waals surface area contributed by atoms with Gasteiger partial charge in [-0.3, -0.25) is 4.79 Å². The average molecular weight is 337 g/mol. The molecule has 0 unspecified atom stereocenters. The van der Waals surface area contributed by atoms with Crippen molar-refractivity contribution in [2.75, 3.05) is 19.0 Å². The number of methoxy groups -OCH3 is 1. The summed E-state index contributed by atoms with van der Waals surface area (Å²) in [4.78, 5) is 15.9. The van der Waals surface area contributed by atoms with E-state index in [2.05, 4.69) is 15.6 Å². The zero-order valence-corrected chi connectivity index (χ0v) is 14.0. The molecule has 1 aromatic carbocycles. The SMILES string of the molecule is COc1ccc(Cl)cc1NCCC(=O)N[C@@H](C)Cn1ccnc1. The molecule has 0 saturated heterocycles. The Morgan fingerprint density at radius 1 is 1.48 bits per heavy atom. The summed E-state index contributed by atoms with van der Waals surface area (Å²) in [7, 11) is 1.60. The number of rotatable bonds is 8. The molecule has 6 nitrogen and oxygen atoms in total. The molecule has 0 aliphatic rings. The fourth-order valence-corrected chi connectivity index (χ4v) is 2.40. The number of imidazole rings is 1. The van der Waals surface area contributed by atoms with Gasteiger partial charge in [0.05, 0.1) is 19.1 Å². The van der Waals surface area contributed by atoms with Crippen LogP contribution in [0.15, 0.2) is 36.9 Å². The molecular formula is C16H21ClN4O2. The molecule has 0 fully saturated rings. The van der Waals surface area contributed by atoms with Gasteiger partial charge in [-0.2, -0.15) is 0 Å². The largest absolute Gasteiger partial charge is 0.495 e. The molecule has 0 radical (unpaired) electrons. The number of aromatic nitrogens is 2. The highest BCUT2D eigenvalue weighted by molar-refractivity contribution is 6.30. The molecule has 2 rings (SSSR count). The van der Waals surface area contributed by atoms with Crippen LogP contribution >= 0.6 is 11.6 Å². The molecule has 7 heteroatoms. The number of anilines is 1. The van der Waals surface area contributed by atoms with E-state index in [1.165, 1.54) is 0 Å². The van der Waals surface area contributed by atoms with Gasteiger partial charge in [0.25, 0.3) is 0 Å². The molecule has 0 aliphatic carbocycles. The highest BCUT2D eigenvalue weighted by Crippen LogP contribution is 2.27. The van der Waals surface area contributed by atoms with Crippen LogP contribution in [0, 0.1) is 0 Å². The van der Waals surface area contributed by atoms with Crippen molar-refractivity contribution in [1.82, 2.24) is 14.9 Å². The standard InChI is InChI=1S/C16H21ClN4O2/c1-12(10-21-8-7-18-11-21)20-16(22)5-6-19-14-9-13(17)3-4-15(14)23-2/h3-4,7-9,11-12,19H,5-6,10H2,1-2H3,(H,20,22)/t12-/m0/s1. The van der Waals surface area contributed by atoms with Gasteiger partial charge in [0, 0.05) is 43.0 Å². The van der Waals surface area contributed by atoms with Gasteiger partial charge in [-0.05, 0) is 25.1 Å². The van der Waals surface area contributed by atoms with E-state index in [1.807, 2.05) is 17.7 Å². The van der Waals surface area contributed by atoms with E-state index in [9.17, 15) is 4.79 Å². The van der Waals surface area contributed by atoms with Gasteiger partial charge in [-0.15, -0.1) is 0 Å². The lowest BCUT2D eigenvalue weighted by Crippen LogP contribution is -2.36. The smallest absolute Gasteiger partial charge is 0.222 e. The first-order valence-corrected chi connectivity index (χ1v) is 7.79. The van der Waals surface area contributed by atoms with Gasteiger partial charge in [-0.1, -0.05) is 11.6 Å². The number of hydrogen-bond donors (Lipinski definition) is 2. The summed E-state index contributed by atoms with van der Waals surface area (Å²) in [6.45, 7) is 3.16. The molecular weight excluding hydrogens is 316 g/mol. The molecule has 2 aromatic rings. The first-order chi connectivity index (χ1) is 11.1. The monoisotopic (exact) mass is 336 g/mol. The number of hydrogen-bond acceptors (Lipinski definition) is 4. The minimum Gasteiger partial charge on any atom is -0.495 e. The van der Waals surface area contributed by atoms with Gasteiger partial charge in [0.2, 0.25) is 5.91 Å². The van der Waals surface area contributed by atoms with Crippen molar-refractivity contribution < 1.29 is 9.53 Å². The average Bonchev–Trinajstić information content (AvgIpc) is 3.00. The summed E-state index contributed by atoms with van der Waals surface area (Å²) in [6, 6.07) is 5.37. The predicted molar refractivity (Wildman–Crippen MR) is 90.9 cm³/mol. The molecule has 1 amide bonds. The summed E-state index contributed by atoms with van der Waals surface area (Å²) < 4.78 is 7.18. The van der Waals surface area contributed by atoms with Crippen LogP contribution in [0.4, 0.5) is 5.69 Å². The lowest BCUT2D eigenvalue weighted by molar-refractivity contribution is -0.121. The fraction of sp³-hybridized carbons (Fsp3) is 0.375. The highest BCUT2D eigenvalue weighted by atomic mass is 35.5. The number of amides is 1. The van der Waals surface area contributed by atoms with Crippen LogP contribution in [0.1, 0.15) is 13.3 Å². The van der Waals surface area contributed by atoms with Crippen molar-refractivity contribution in [3.63, 3.8) is 0 Å².